The van der Waals surface area contributed by atoms with Gasteiger partial charge in [0.25, 0.3) is 0 Å². The SMILES string of the molecule is CC(C)COPOCC(C)C.c1ccccc1. The molecule has 0 saturated heterocycles. The van der Waals surface area contributed by atoms with Crippen LogP contribution in [0.5, 0.6) is 0 Å². The lowest BCUT2D eigenvalue weighted by Crippen LogP contribution is -1.98. The summed E-state index contributed by atoms with van der Waals surface area (Å²) in [5.41, 5.74) is 0. The number of rotatable bonds is 6. The minimum atomic E-state index is 0.218. The van der Waals surface area contributed by atoms with Crippen LogP contribution in [0, 0.1) is 11.8 Å². The second-order valence-electron chi connectivity index (χ2n) is 4.65. The van der Waals surface area contributed by atoms with Crippen LogP contribution in [0.3, 0.4) is 0 Å². The van der Waals surface area contributed by atoms with Gasteiger partial charge in [0, 0.05) is 0 Å². The Balaban J connectivity index is 0.000000354. The summed E-state index contributed by atoms with van der Waals surface area (Å²) in [5.74, 6) is 1.20. The summed E-state index contributed by atoms with van der Waals surface area (Å²) >= 11 is 0. The van der Waals surface area contributed by atoms with E-state index < -0.39 is 0 Å². The van der Waals surface area contributed by atoms with E-state index in [1.807, 2.05) is 36.4 Å². The summed E-state index contributed by atoms with van der Waals surface area (Å²) < 4.78 is 10.5. The maximum atomic E-state index is 5.25. The van der Waals surface area contributed by atoms with E-state index in [9.17, 15) is 0 Å². The molecule has 0 N–H and O–H groups in total. The molecule has 0 aliphatic rings. The van der Waals surface area contributed by atoms with E-state index >= 15 is 0 Å². The number of hydrogen-bond acceptors (Lipinski definition) is 2. The lowest BCUT2D eigenvalue weighted by molar-refractivity contribution is 0.225. The Hall–Kier alpha value is -0.430. The van der Waals surface area contributed by atoms with Crippen molar-refractivity contribution in [1.29, 1.82) is 0 Å². The van der Waals surface area contributed by atoms with Crippen LogP contribution in [0.4, 0.5) is 0 Å². The minimum absolute atomic E-state index is 0.218. The van der Waals surface area contributed by atoms with Gasteiger partial charge in [-0.3, -0.25) is 0 Å². The third kappa shape index (κ3) is 15.6. The van der Waals surface area contributed by atoms with Crippen LogP contribution in [-0.4, -0.2) is 13.2 Å². The lowest BCUT2D eigenvalue weighted by atomic mass is 10.2. The third-order valence-electron chi connectivity index (χ3n) is 1.62. The van der Waals surface area contributed by atoms with Crippen molar-refractivity contribution in [3.8, 4) is 0 Å². The molecule has 98 valence electrons. The molecule has 3 heteroatoms. The third-order valence-corrected chi connectivity index (χ3v) is 2.19. The lowest BCUT2D eigenvalue weighted by Gasteiger charge is -2.07. The summed E-state index contributed by atoms with van der Waals surface area (Å²) in [6.07, 6.45) is 0. The molecule has 0 spiro atoms. The molecule has 0 saturated carbocycles. The van der Waals surface area contributed by atoms with Gasteiger partial charge in [0.1, 0.15) is 0 Å². The second-order valence-corrected chi connectivity index (χ2v) is 5.39. The molecule has 0 aromatic heterocycles. The van der Waals surface area contributed by atoms with Crippen molar-refractivity contribution < 1.29 is 9.05 Å². The average molecular weight is 256 g/mol. The van der Waals surface area contributed by atoms with Gasteiger partial charge in [-0.2, -0.15) is 0 Å². The van der Waals surface area contributed by atoms with Crippen LogP contribution in [-0.2, 0) is 9.05 Å². The van der Waals surface area contributed by atoms with Crippen molar-refractivity contribution in [2.45, 2.75) is 27.7 Å². The van der Waals surface area contributed by atoms with Gasteiger partial charge in [-0.25, -0.2) is 0 Å². The monoisotopic (exact) mass is 256 g/mol. The fourth-order valence-electron chi connectivity index (χ4n) is 0.828. The number of benzene rings is 1. The van der Waals surface area contributed by atoms with Crippen LogP contribution in [0.25, 0.3) is 0 Å². The molecule has 0 heterocycles. The molecule has 17 heavy (non-hydrogen) atoms. The van der Waals surface area contributed by atoms with E-state index in [0.717, 1.165) is 13.2 Å². The molecule has 0 aliphatic heterocycles. The van der Waals surface area contributed by atoms with E-state index in [0.29, 0.717) is 11.8 Å². The highest BCUT2D eigenvalue weighted by atomic mass is 31.1. The Bertz CT molecular complexity index is 201. The normalized spacial score (nSPS) is 10.2. The van der Waals surface area contributed by atoms with Gasteiger partial charge < -0.3 is 9.05 Å². The fourth-order valence-corrected chi connectivity index (χ4v) is 1.71. The Morgan fingerprint density at radius 1 is 0.706 bits per heavy atom. The van der Waals surface area contributed by atoms with Gasteiger partial charge >= 0.3 is 0 Å². The highest BCUT2D eigenvalue weighted by Gasteiger charge is 1.95. The first-order chi connectivity index (χ1) is 8.13. The molecule has 0 bridgehead atoms. The van der Waals surface area contributed by atoms with Gasteiger partial charge in [0.05, 0.1) is 13.2 Å². The average Bonchev–Trinajstić information content (AvgIpc) is 2.31. The van der Waals surface area contributed by atoms with Crippen molar-refractivity contribution in [3.05, 3.63) is 36.4 Å². The number of hydrogen-bond donors (Lipinski definition) is 0. The molecule has 0 amide bonds. The predicted molar refractivity (Wildman–Crippen MR) is 76.3 cm³/mol. The van der Waals surface area contributed by atoms with Gasteiger partial charge in [-0.1, -0.05) is 64.1 Å². The second kappa shape index (κ2) is 12.0. The Morgan fingerprint density at radius 3 is 1.24 bits per heavy atom. The summed E-state index contributed by atoms with van der Waals surface area (Å²) in [6.45, 7) is 10.1. The minimum Gasteiger partial charge on any atom is -0.336 e. The smallest absolute Gasteiger partial charge is 0.155 e. The van der Waals surface area contributed by atoms with Crippen molar-refractivity contribution in [3.63, 3.8) is 0 Å². The zero-order chi connectivity index (χ0) is 12.9. The predicted octanol–water partition coefficient (Wildman–Crippen LogP) is 4.53. The van der Waals surface area contributed by atoms with Crippen LogP contribution in [0.1, 0.15) is 27.7 Å². The first-order valence-corrected chi connectivity index (χ1v) is 6.93. The van der Waals surface area contributed by atoms with Crippen molar-refractivity contribution in [2.24, 2.45) is 11.8 Å². The van der Waals surface area contributed by atoms with E-state index in [-0.39, 0.29) is 9.03 Å². The topological polar surface area (TPSA) is 18.5 Å². The van der Waals surface area contributed by atoms with Gasteiger partial charge in [-0.15, -0.1) is 0 Å². The highest BCUT2D eigenvalue weighted by molar-refractivity contribution is 7.26. The summed E-state index contributed by atoms with van der Waals surface area (Å²) in [4.78, 5) is 0. The molecule has 0 unspecified atom stereocenters. The molecule has 0 atom stereocenters. The fraction of sp³-hybridized carbons (Fsp3) is 0.571. The Morgan fingerprint density at radius 2 is 1.00 bits per heavy atom. The van der Waals surface area contributed by atoms with Crippen molar-refractivity contribution >= 4 is 9.03 Å². The molecule has 2 nitrogen and oxygen atoms in total. The van der Waals surface area contributed by atoms with E-state index in [2.05, 4.69) is 27.7 Å². The van der Waals surface area contributed by atoms with E-state index in [4.69, 9.17) is 9.05 Å². The van der Waals surface area contributed by atoms with Crippen LogP contribution in [0.2, 0.25) is 0 Å². The largest absolute Gasteiger partial charge is 0.336 e. The zero-order valence-corrected chi connectivity index (χ0v) is 12.3. The molecule has 1 aromatic carbocycles. The zero-order valence-electron chi connectivity index (χ0n) is 11.3. The highest BCUT2D eigenvalue weighted by Crippen LogP contribution is 2.16. The first kappa shape index (κ1) is 16.6. The van der Waals surface area contributed by atoms with Gasteiger partial charge in [-0.05, 0) is 11.8 Å². The molecule has 0 aliphatic carbocycles. The molecular formula is C14H25O2P. The summed E-state index contributed by atoms with van der Waals surface area (Å²) in [6, 6.07) is 12.0. The summed E-state index contributed by atoms with van der Waals surface area (Å²) in [7, 11) is 0.218. The van der Waals surface area contributed by atoms with Crippen molar-refractivity contribution in [2.75, 3.05) is 13.2 Å². The Labute approximate surface area is 108 Å². The first-order valence-electron chi connectivity index (χ1n) is 6.11. The van der Waals surface area contributed by atoms with E-state index in [1.165, 1.54) is 0 Å². The van der Waals surface area contributed by atoms with E-state index in [1.54, 1.807) is 0 Å². The quantitative estimate of drug-likeness (QED) is 0.550. The van der Waals surface area contributed by atoms with Crippen LogP contribution >= 0.6 is 9.03 Å². The molecule has 1 rings (SSSR count). The van der Waals surface area contributed by atoms with Gasteiger partial charge in [0.2, 0.25) is 0 Å². The maximum absolute atomic E-state index is 5.25. The molecule has 0 fully saturated rings. The van der Waals surface area contributed by atoms with Crippen LogP contribution < -0.4 is 0 Å². The Kier molecular flexibility index (Phi) is 11.7. The van der Waals surface area contributed by atoms with Crippen molar-refractivity contribution in [1.82, 2.24) is 0 Å². The molecule has 1 aromatic rings. The molecule has 0 radical (unpaired) electrons. The maximum Gasteiger partial charge on any atom is 0.155 e. The summed E-state index contributed by atoms with van der Waals surface area (Å²) in [5, 5.41) is 0. The standard InChI is InChI=1S/C8H19O2P.C6H6/c1-7(2)5-9-11-10-6-8(3)4;1-2-4-6-5-3-1/h7-8,11H,5-6H2,1-4H3;1-6H. The van der Waals surface area contributed by atoms with Crippen LogP contribution in [0.15, 0.2) is 36.4 Å². The molecular weight excluding hydrogens is 231 g/mol. The van der Waals surface area contributed by atoms with Gasteiger partial charge in [0.15, 0.2) is 9.03 Å².